The number of nitrogens with zero attached hydrogens (tertiary/aromatic N) is 1. The van der Waals surface area contributed by atoms with Crippen LogP contribution in [0.25, 0.3) is 0 Å². The number of hydrogen-bond donors (Lipinski definition) is 3. The maximum absolute atomic E-state index is 12.9. The molecule has 4 rings (SSSR count). The van der Waals surface area contributed by atoms with Gasteiger partial charge in [0.2, 0.25) is 6.79 Å². The van der Waals surface area contributed by atoms with Gasteiger partial charge in [-0.15, -0.1) is 20.6 Å². The largest absolute Gasteiger partial charge is 0.484 e. The number of carbonyl (C=O) groups excluding carboxylic acids is 1. The molecule has 3 aromatic rings. The Kier molecular flexibility index (Phi) is 9.74. The number of ether oxygens (including phenoxy) is 3. The molecule has 0 saturated heterocycles. The van der Waals surface area contributed by atoms with Crippen LogP contribution in [0.3, 0.4) is 0 Å². The molecule has 0 radical (unpaired) electrons. The first-order valence-electron chi connectivity index (χ1n) is 12.7. The number of carbonyl (C=O) groups is 1. The highest BCUT2D eigenvalue weighted by Gasteiger charge is 2.27. The van der Waals surface area contributed by atoms with Crippen molar-refractivity contribution in [1.82, 2.24) is 10.3 Å². The van der Waals surface area contributed by atoms with Crippen molar-refractivity contribution in [3.8, 4) is 17.2 Å². The van der Waals surface area contributed by atoms with Gasteiger partial charge in [-0.1, -0.05) is 36.9 Å². The van der Waals surface area contributed by atoms with Crippen LogP contribution in [-0.4, -0.2) is 36.0 Å². The van der Waals surface area contributed by atoms with Crippen LogP contribution in [0.2, 0.25) is 0 Å². The zero-order chi connectivity index (χ0) is 28.6. The maximum atomic E-state index is 12.9. The molecule has 4 atom stereocenters. The predicted molar refractivity (Wildman–Crippen MR) is 164 cm³/mol. The number of rotatable bonds is 12. The van der Waals surface area contributed by atoms with Gasteiger partial charge in [-0.05, 0) is 62.0 Å². The molecular weight excluding hydrogens is 543 g/mol. The second kappa shape index (κ2) is 13.4. The number of aromatic nitrogens is 1. The van der Waals surface area contributed by atoms with Gasteiger partial charge in [-0.2, -0.15) is 0 Å². The van der Waals surface area contributed by atoms with Crippen LogP contribution < -0.4 is 24.8 Å². The first kappa shape index (κ1) is 29.1. The SMILES string of the molecule is C=C/C=C(P)\C=C/C(C)Nc1ccc(O[C@H](c2ccc3c(c2)OCO3)C(C)NC(=O)c2ncc(C)s2)cc1C=N. The Morgan fingerprint density at radius 2 is 2.02 bits per heavy atom. The van der Waals surface area contributed by atoms with E-state index in [1.807, 2.05) is 75.4 Å². The molecule has 40 heavy (non-hydrogen) atoms. The first-order chi connectivity index (χ1) is 19.3. The Morgan fingerprint density at radius 3 is 2.75 bits per heavy atom. The fourth-order valence-electron chi connectivity index (χ4n) is 4.10. The molecule has 8 nitrogen and oxygen atoms in total. The lowest BCUT2D eigenvalue weighted by Crippen LogP contribution is -2.39. The van der Waals surface area contributed by atoms with Crippen LogP contribution in [0, 0.1) is 12.3 Å². The number of hydrogen-bond acceptors (Lipinski definition) is 8. The number of amides is 1. The number of fused-ring (bicyclic) bond motifs is 1. The molecule has 2 aromatic carbocycles. The number of aryl methyl sites for hydroxylation is 1. The minimum Gasteiger partial charge on any atom is -0.484 e. The van der Waals surface area contributed by atoms with Gasteiger partial charge in [0.15, 0.2) is 16.5 Å². The number of allylic oxidation sites excluding steroid dienone is 4. The summed E-state index contributed by atoms with van der Waals surface area (Å²) in [5.74, 6) is 1.58. The van der Waals surface area contributed by atoms with E-state index in [0.29, 0.717) is 27.8 Å². The van der Waals surface area contributed by atoms with E-state index in [0.717, 1.165) is 21.4 Å². The monoisotopic (exact) mass is 576 g/mol. The summed E-state index contributed by atoms with van der Waals surface area (Å²) in [5, 5.41) is 15.9. The Hall–Kier alpha value is -3.94. The Morgan fingerprint density at radius 1 is 1.23 bits per heavy atom. The van der Waals surface area contributed by atoms with Gasteiger partial charge in [-0.25, -0.2) is 4.98 Å². The zero-order valence-electron chi connectivity index (χ0n) is 22.6. The van der Waals surface area contributed by atoms with E-state index in [1.165, 1.54) is 17.6 Å². The van der Waals surface area contributed by atoms with Crippen LogP contribution in [0.5, 0.6) is 17.2 Å². The van der Waals surface area contributed by atoms with E-state index in [2.05, 4.69) is 31.4 Å². The van der Waals surface area contributed by atoms with E-state index < -0.39 is 12.1 Å². The van der Waals surface area contributed by atoms with Gasteiger partial charge < -0.3 is 30.3 Å². The van der Waals surface area contributed by atoms with Crippen molar-refractivity contribution in [1.29, 1.82) is 5.41 Å². The quantitative estimate of drug-likeness (QED) is 0.131. The van der Waals surface area contributed by atoms with E-state index in [4.69, 9.17) is 19.6 Å². The molecule has 1 aromatic heterocycles. The Balaban J connectivity index is 1.56. The lowest BCUT2D eigenvalue weighted by molar-refractivity contribution is 0.0881. The summed E-state index contributed by atoms with van der Waals surface area (Å²) in [5.41, 5.74) is 2.29. The third-order valence-corrected chi connectivity index (χ3v) is 7.36. The average Bonchev–Trinajstić information content (AvgIpc) is 3.59. The molecule has 1 amide bonds. The molecule has 0 fully saturated rings. The number of thiazole rings is 1. The Labute approximate surface area is 240 Å². The van der Waals surface area contributed by atoms with Gasteiger partial charge in [0.1, 0.15) is 11.9 Å². The van der Waals surface area contributed by atoms with Crippen molar-refractivity contribution in [3.05, 3.63) is 99.8 Å². The minimum atomic E-state index is -0.559. The molecule has 208 valence electrons. The van der Waals surface area contributed by atoms with Gasteiger partial charge in [0.25, 0.3) is 5.91 Å². The fraction of sp³-hybridized carbons (Fsp3) is 0.233. The van der Waals surface area contributed by atoms with Gasteiger partial charge in [-0.3, -0.25) is 4.79 Å². The van der Waals surface area contributed by atoms with Crippen molar-refractivity contribution >= 4 is 38.4 Å². The summed E-state index contributed by atoms with van der Waals surface area (Å²) in [4.78, 5) is 18.1. The molecule has 2 heterocycles. The normalized spacial score (nSPS) is 14.8. The van der Waals surface area contributed by atoms with Crippen LogP contribution in [0.1, 0.15) is 45.8 Å². The van der Waals surface area contributed by atoms with Crippen molar-refractivity contribution in [2.45, 2.75) is 39.0 Å². The van der Waals surface area contributed by atoms with Crippen molar-refractivity contribution in [3.63, 3.8) is 0 Å². The fourth-order valence-corrected chi connectivity index (χ4v) is 5.02. The molecule has 0 spiro atoms. The topological polar surface area (TPSA) is 106 Å². The summed E-state index contributed by atoms with van der Waals surface area (Å²) in [6.45, 7) is 9.70. The van der Waals surface area contributed by atoms with Crippen molar-refractivity contribution < 1.29 is 19.0 Å². The summed E-state index contributed by atoms with van der Waals surface area (Å²) in [7, 11) is 2.66. The van der Waals surface area contributed by atoms with Crippen LogP contribution in [0.15, 0.2) is 78.8 Å². The molecule has 0 bridgehead atoms. The summed E-state index contributed by atoms with van der Waals surface area (Å²) >= 11 is 1.34. The zero-order valence-corrected chi connectivity index (χ0v) is 24.6. The molecule has 1 aliphatic rings. The number of benzene rings is 2. The molecule has 10 heteroatoms. The van der Waals surface area contributed by atoms with Crippen molar-refractivity contribution in [2.24, 2.45) is 0 Å². The lowest BCUT2D eigenvalue weighted by Gasteiger charge is -2.27. The Bertz CT molecular complexity index is 1450. The molecule has 0 aliphatic carbocycles. The van der Waals surface area contributed by atoms with E-state index >= 15 is 0 Å². The van der Waals surface area contributed by atoms with E-state index in [-0.39, 0.29) is 18.7 Å². The van der Waals surface area contributed by atoms with Gasteiger partial charge in [0.05, 0.1) is 6.04 Å². The maximum Gasteiger partial charge on any atom is 0.280 e. The highest BCUT2D eigenvalue weighted by atomic mass is 32.1. The first-order valence-corrected chi connectivity index (χ1v) is 14.1. The number of nitrogens with one attached hydrogen (secondary N) is 3. The lowest BCUT2D eigenvalue weighted by atomic mass is 10.0. The van der Waals surface area contributed by atoms with Crippen molar-refractivity contribution in [2.75, 3.05) is 12.1 Å². The standard InChI is InChI=1S/C30H33N4O4PS/c1-5-6-24(39)10-7-18(2)33-25-11-9-23(13-22(25)15-31)38-28(21-8-12-26-27(14-21)37-17-36-26)20(4)34-29(35)30-32-16-19(3)40-30/h5-16,18,20,28,31,33H,1,17,39H2,2-4H3,(H,34,35)/b10-7-,24-6+,31-15?/t18?,20?,28-/m0/s1. The summed E-state index contributed by atoms with van der Waals surface area (Å²) in [6, 6.07) is 10.7. The van der Waals surface area contributed by atoms with Crippen LogP contribution in [-0.2, 0) is 0 Å². The molecular formula is C30H33N4O4PS. The molecule has 3 N–H and O–H groups in total. The van der Waals surface area contributed by atoms with E-state index in [9.17, 15) is 4.79 Å². The third kappa shape index (κ3) is 7.37. The predicted octanol–water partition coefficient (Wildman–Crippen LogP) is 6.42. The second-order valence-electron chi connectivity index (χ2n) is 9.28. The van der Waals surface area contributed by atoms with Gasteiger partial charge in [0, 0.05) is 34.6 Å². The highest BCUT2D eigenvalue weighted by molar-refractivity contribution is 7.22. The van der Waals surface area contributed by atoms with Crippen LogP contribution in [0.4, 0.5) is 5.69 Å². The second-order valence-corrected chi connectivity index (χ2v) is 11.2. The molecule has 1 aliphatic heterocycles. The summed E-state index contributed by atoms with van der Waals surface area (Å²) in [6.07, 6.45) is 10.1. The molecule has 3 unspecified atom stereocenters. The van der Waals surface area contributed by atoms with E-state index in [1.54, 1.807) is 12.3 Å². The summed E-state index contributed by atoms with van der Waals surface area (Å²) < 4.78 is 17.5. The van der Waals surface area contributed by atoms with Crippen LogP contribution >= 0.6 is 20.6 Å². The minimum absolute atomic E-state index is 0.0188. The number of anilines is 1. The third-order valence-electron chi connectivity index (χ3n) is 6.07. The highest BCUT2D eigenvalue weighted by Crippen LogP contribution is 2.37. The average molecular weight is 577 g/mol. The smallest absolute Gasteiger partial charge is 0.280 e. The molecule has 0 saturated carbocycles. The van der Waals surface area contributed by atoms with Gasteiger partial charge >= 0.3 is 0 Å².